The first-order valence-electron chi connectivity index (χ1n) is 8.20. The van der Waals surface area contributed by atoms with E-state index in [2.05, 4.69) is 21.6 Å². The predicted molar refractivity (Wildman–Crippen MR) is 94.3 cm³/mol. The summed E-state index contributed by atoms with van der Waals surface area (Å²) in [5.41, 5.74) is 1.42. The van der Waals surface area contributed by atoms with Gasteiger partial charge in [-0.15, -0.1) is 0 Å². The lowest BCUT2D eigenvalue weighted by Gasteiger charge is -2.15. The number of hydrogen-bond donors (Lipinski definition) is 3. The van der Waals surface area contributed by atoms with Crippen molar-refractivity contribution in [3.05, 3.63) is 36.0 Å². The van der Waals surface area contributed by atoms with E-state index >= 15 is 0 Å². The number of fused-ring (bicyclic) bond motifs is 1. The van der Waals surface area contributed by atoms with Gasteiger partial charge in [0.25, 0.3) is 0 Å². The zero-order valence-electron chi connectivity index (χ0n) is 14.1. The minimum absolute atomic E-state index is 0.0493. The number of aromatic amines is 1. The van der Waals surface area contributed by atoms with E-state index in [9.17, 15) is 9.90 Å². The number of aliphatic hydroxyl groups excluding tert-OH is 1. The summed E-state index contributed by atoms with van der Waals surface area (Å²) in [6, 6.07) is 6.05. The Morgan fingerprint density at radius 3 is 3.12 bits per heavy atom. The Kier molecular flexibility index (Phi) is 4.69. The summed E-state index contributed by atoms with van der Waals surface area (Å²) in [4.78, 5) is 14.4. The number of allylic oxidation sites excluding steroid dienone is 1. The molecule has 0 bridgehead atoms. The summed E-state index contributed by atoms with van der Waals surface area (Å²) in [5.74, 6) is 0.0358. The maximum atomic E-state index is 12.4. The molecule has 6 nitrogen and oxygen atoms in total. The first-order valence-corrected chi connectivity index (χ1v) is 8.20. The average molecular weight is 328 g/mol. The molecule has 0 radical (unpaired) electrons. The quantitative estimate of drug-likeness (QED) is 0.714. The van der Waals surface area contributed by atoms with Gasteiger partial charge in [0.05, 0.1) is 23.7 Å². The van der Waals surface area contributed by atoms with Crippen molar-refractivity contribution in [2.75, 3.05) is 33.8 Å². The van der Waals surface area contributed by atoms with Crippen molar-refractivity contribution in [3.8, 4) is 0 Å². The first kappa shape index (κ1) is 16.7. The Hall–Kier alpha value is -2.18. The largest absolute Gasteiger partial charge is 0.395 e. The van der Waals surface area contributed by atoms with Crippen molar-refractivity contribution in [2.45, 2.75) is 6.42 Å². The molecular weight excluding hydrogens is 304 g/mol. The van der Waals surface area contributed by atoms with Crippen LogP contribution in [0.2, 0.25) is 0 Å². The van der Waals surface area contributed by atoms with E-state index in [-0.39, 0.29) is 18.4 Å². The van der Waals surface area contributed by atoms with Crippen molar-refractivity contribution in [3.63, 3.8) is 0 Å². The molecule has 2 unspecified atom stereocenters. The highest BCUT2D eigenvalue weighted by Crippen LogP contribution is 2.53. The van der Waals surface area contributed by atoms with Gasteiger partial charge in [0.1, 0.15) is 0 Å². The van der Waals surface area contributed by atoms with E-state index < -0.39 is 5.41 Å². The van der Waals surface area contributed by atoms with Gasteiger partial charge in [0.2, 0.25) is 5.91 Å². The van der Waals surface area contributed by atoms with Gasteiger partial charge in [0, 0.05) is 18.5 Å². The molecule has 6 heteroatoms. The average Bonchev–Trinajstić information content (AvgIpc) is 3.10. The van der Waals surface area contributed by atoms with E-state index in [1.165, 1.54) is 0 Å². The third-order valence-corrected chi connectivity index (χ3v) is 4.70. The van der Waals surface area contributed by atoms with Crippen LogP contribution in [-0.4, -0.2) is 59.9 Å². The standard InChI is InChI=1S/C18H24N4O2/c1-22(2)8-7-19-17(24)18(12-23)10-15(18)5-3-13-4-6-16-14(9-13)11-20-21-16/h3-6,9,11,15,23H,7-8,10,12H2,1-2H3,(H,19,24)(H,20,21)/b5-3+. The molecule has 2 aromatic rings. The topological polar surface area (TPSA) is 81.3 Å². The lowest BCUT2D eigenvalue weighted by atomic mass is 10.0. The SMILES string of the molecule is CN(C)CCNC(=O)C1(CO)CC1/C=C/c1ccc2[nH]ncc2c1. The molecule has 0 spiro atoms. The number of hydrogen-bond acceptors (Lipinski definition) is 4. The molecule has 1 heterocycles. The van der Waals surface area contributed by atoms with Crippen LogP contribution in [0.15, 0.2) is 30.5 Å². The van der Waals surface area contributed by atoms with Gasteiger partial charge in [-0.05, 0) is 44.1 Å². The summed E-state index contributed by atoms with van der Waals surface area (Å²) in [5, 5.41) is 20.6. The van der Waals surface area contributed by atoms with Gasteiger partial charge in [-0.25, -0.2) is 0 Å². The number of amides is 1. The minimum atomic E-state index is -0.650. The summed E-state index contributed by atoms with van der Waals surface area (Å²) in [7, 11) is 3.93. The van der Waals surface area contributed by atoms with Crippen LogP contribution in [0.5, 0.6) is 0 Å². The second-order valence-corrected chi connectivity index (χ2v) is 6.76. The molecule has 1 aliphatic carbocycles. The highest BCUT2D eigenvalue weighted by molar-refractivity contribution is 5.87. The minimum Gasteiger partial charge on any atom is -0.395 e. The van der Waals surface area contributed by atoms with Crippen LogP contribution in [0.1, 0.15) is 12.0 Å². The third kappa shape index (κ3) is 3.34. The number of benzene rings is 1. The van der Waals surface area contributed by atoms with Crippen molar-refractivity contribution < 1.29 is 9.90 Å². The van der Waals surface area contributed by atoms with E-state index in [0.29, 0.717) is 13.0 Å². The monoisotopic (exact) mass is 328 g/mol. The molecule has 1 aromatic heterocycles. The zero-order valence-corrected chi connectivity index (χ0v) is 14.1. The van der Waals surface area contributed by atoms with Gasteiger partial charge in [-0.2, -0.15) is 5.10 Å². The molecule has 1 amide bonds. The van der Waals surface area contributed by atoms with E-state index in [1.54, 1.807) is 6.20 Å². The number of carbonyl (C=O) groups excluding carboxylic acids is 1. The fourth-order valence-corrected chi connectivity index (χ4v) is 2.96. The third-order valence-electron chi connectivity index (χ3n) is 4.70. The van der Waals surface area contributed by atoms with Crippen LogP contribution in [0.3, 0.4) is 0 Å². The summed E-state index contributed by atoms with van der Waals surface area (Å²) in [6.45, 7) is 1.27. The zero-order chi connectivity index (χ0) is 17.2. The summed E-state index contributed by atoms with van der Waals surface area (Å²) in [6.07, 6.45) is 6.53. The number of nitrogens with zero attached hydrogens (tertiary/aromatic N) is 2. The van der Waals surface area contributed by atoms with Crippen LogP contribution in [-0.2, 0) is 4.79 Å². The van der Waals surface area contributed by atoms with Gasteiger partial charge in [-0.3, -0.25) is 9.89 Å². The number of likely N-dealkylation sites (N-methyl/N-ethyl adjacent to an activating group) is 1. The lowest BCUT2D eigenvalue weighted by Crippen LogP contribution is -2.38. The number of rotatable bonds is 7. The molecule has 1 saturated carbocycles. The number of H-pyrrole nitrogens is 1. The molecule has 0 aliphatic heterocycles. The second kappa shape index (κ2) is 6.75. The highest BCUT2D eigenvalue weighted by Gasteiger charge is 2.58. The number of aromatic nitrogens is 2. The molecule has 2 atom stereocenters. The fourth-order valence-electron chi connectivity index (χ4n) is 2.96. The van der Waals surface area contributed by atoms with Crippen molar-refractivity contribution >= 4 is 22.9 Å². The Morgan fingerprint density at radius 1 is 1.54 bits per heavy atom. The van der Waals surface area contributed by atoms with Crippen LogP contribution >= 0.6 is 0 Å². The Morgan fingerprint density at radius 2 is 2.38 bits per heavy atom. The van der Waals surface area contributed by atoms with Crippen molar-refractivity contribution in [1.29, 1.82) is 0 Å². The summed E-state index contributed by atoms with van der Waals surface area (Å²) >= 11 is 0. The Balaban J connectivity index is 1.62. The van der Waals surface area contributed by atoms with Crippen LogP contribution in [0, 0.1) is 11.3 Å². The lowest BCUT2D eigenvalue weighted by molar-refractivity contribution is -0.128. The fraction of sp³-hybridized carbons (Fsp3) is 0.444. The van der Waals surface area contributed by atoms with E-state index in [4.69, 9.17) is 0 Å². The number of nitrogens with one attached hydrogen (secondary N) is 2. The van der Waals surface area contributed by atoms with Gasteiger partial charge < -0.3 is 15.3 Å². The Labute approximate surface area is 141 Å². The molecule has 1 aromatic carbocycles. The molecule has 0 saturated heterocycles. The van der Waals surface area contributed by atoms with Crippen molar-refractivity contribution in [2.24, 2.45) is 11.3 Å². The van der Waals surface area contributed by atoms with Gasteiger partial charge in [0.15, 0.2) is 0 Å². The van der Waals surface area contributed by atoms with Crippen LogP contribution < -0.4 is 5.32 Å². The predicted octanol–water partition coefficient (Wildman–Crippen LogP) is 1.25. The summed E-state index contributed by atoms with van der Waals surface area (Å²) < 4.78 is 0. The molecule has 1 aliphatic rings. The van der Waals surface area contributed by atoms with Gasteiger partial charge in [-0.1, -0.05) is 18.2 Å². The number of carbonyl (C=O) groups is 1. The molecular formula is C18H24N4O2. The smallest absolute Gasteiger partial charge is 0.229 e. The van der Waals surface area contributed by atoms with Crippen LogP contribution in [0.25, 0.3) is 17.0 Å². The second-order valence-electron chi connectivity index (χ2n) is 6.76. The molecule has 24 heavy (non-hydrogen) atoms. The maximum Gasteiger partial charge on any atom is 0.229 e. The van der Waals surface area contributed by atoms with E-state index in [1.807, 2.05) is 43.3 Å². The van der Waals surface area contributed by atoms with Crippen molar-refractivity contribution in [1.82, 2.24) is 20.4 Å². The van der Waals surface area contributed by atoms with E-state index in [0.717, 1.165) is 23.0 Å². The maximum absolute atomic E-state index is 12.4. The molecule has 1 fully saturated rings. The molecule has 3 rings (SSSR count). The highest BCUT2D eigenvalue weighted by atomic mass is 16.3. The molecule has 128 valence electrons. The molecule has 3 N–H and O–H groups in total. The van der Waals surface area contributed by atoms with Crippen LogP contribution in [0.4, 0.5) is 0 Å². The Bertz CT molecular complexity index is 752. The normalized spacial score (nSPS) is 23.2. The van der Waals surface area contributed by atoms with Gasteiger partial charge >= 0.3 is 0 Å². The first-order chi connectivity index (χ1) is 11.5. The number of aliphatic hydroxyl groups is 1.